The van der Waals surface area contributed by atoms with Crippen molar-refractivity contribution in [3.63, 3.8) is 0 Å². The Morgan fingerprint density at radius 1 is 0.515 bits per heavy atom. The minimum Gasteiger partial charge on any atom is -0.370 e. The second-order valence-electron chi connectivity index (χ2n) is 16.4. The summed E-state index contributed by atoms with van der Waals surface area (Å²) >= 11 is 0. The van der Waals surface area contributed by atoms with Crippen LogP contribution in [0, 0.1) is 0 Å². The summed E-state index contributed by atoms with van der Waals surface area (Å²) in [5.74, 6) is -5.70. The van der Waals surface area contributed by atoms with Crippen LogP contribution in [0.3, 0.4) is 0 Å². The number of aromatic amines is 1. The van der Waals surface area contributed by atoms with Gasteiger partial charge in [-0.3, -0.25) is 38.4 Å². The van der Waals surface area contributed by atoms with E-state index in [0.29, 0.717) is 31.4 Å². The number of H-pyrrole nitrogens is 1. The van der Waals surface area contributed by atoms with E-state index in [1.807, 2.05) is 31.2 Å². The van der Waals surface area contributed by atoms with E-state index in [1.165, 1.54) is 0 Å². The molecule has 0 radical (unpaired) electrons. The maximum atomic E-state index is 14.4. The second-order valence-corrected chi connectivity index (χ2v) is 16.4. The summed E-state index contributed by atoms with van der Waals surface area (Å²) in [5, 5.41) is 17.3. The lowest BCUT2D eigenvalue weighted by Crippen LogP contribution is -2.60. The fraction of sp³-hybridized carbons (Fsp3) is 0.511. The van der Waals surface area contributed by atoms with Crippen molar-refractivity contribution >= 4 is 58.2 Å². The summed E-state index contributed by atoms with van der Waals surface area (Å²) in [6.07, 6.45) is 2.99. The Labute approximate surface area is 384 Å². The van der Waals surface area contributed by atoms with E-state index in [4.69, 9.17) is 34.4 Å². The average Bonchev–Trinajstić information content (AvgIpc) is 3.70. The van der Waals surface area contributed by atoms with Crippen molar-refractivity contribution in [3.8, 4) is 0 Å². The predicted molar refractivity (Wildman–Crippen MR) is 249 cm³/mol. The van der Waals surface area contributed by atoms with Gasteiger partial charge in [-0.25, -0.2) is 0 Å². The van der Waals surface area contributed by atoms with Gasteiger partial charge < -0.3 is 71.3 Å². The van der Waals surface area contributed by atoms with Crippen LogP contribution < -0.4 is 66.3 Å². The molecule has 19 N–H and O–H groups in total. The predicted octanol–water partition coefficient (Wildman–Crippen LogP) is -2.04. The number of nitrogens with one attached hydrogen (secondary N) is 7. The summed E-state index contributed by atoms with van der Waals surface area (Å²) in [7, 11) is 0. The smallest absolute Gasteiger partial charge is 0.243 e. The first-order valence-corrected chi connectivity index (χ1v) is 22.4. The van der Waals surface area contributed by atoms with Gasteiger partial charge in [0.25, 0.3) is 0 Å². The molecule has 1 aromatic heterocycles. The highest BCUT2D eigenvalue weighted by Crippen LogP contribution is 2.20. The van der Waals surface area contributed by atoms with Crippen molar-refractivity contribution in [1.29, 1.82) is 0 Å². The van der Waals surface area contributed by atoms with Crippen molar-refractivity contribution in [2.24, 2.45) is 34.4 Å². The third kappa shape index (κ3) is 18.6. The summed E-state index contributed by atoms with van der Waals surface area (Å²) in [6.45, 7) is 2.62. The van der Waals surface area contributed by atoms with Gasteiger partial charge in [-0.15, -0.1) is 0 Å². The van der Waals surface area contributed by atoms with Crippen LogP contribution in [0.1, 0.15) is 82.3 Å². The number of hydrogen-bond acceptors (Lipinski definition) is 12. The van der Waals surface area contributed by atoms with Crippen LogP contribution in [0.4, 0.5) is 0 Å². The lowest BCUT2D eigenvalue weighted by Gasteiger charge is -2.28. The van der Waals surface area contributed by atoms with Crippen LogP contribution in [0.25, 0.3) is 10.9 Å². The summed E-state index contributed by atoms with van der Waals surface area (Å²) < 4.78 is 0. The lowest BCUT2D eigenvalue weighted by molar-refractivity contribution is -0.135. The maximum absolute atomic E-state index is 14.4. The highest BCUT2D eigenvalue weighted by molar-refractivity contribution is 5.97. The number of fused-ring (bicyclic) bond motifs is 1. The Morgan fingerprint density at radius 2 is 0.955 bits per heavy atom. The fourth-order valence-electron chi connectivity index (χ4n) is 7.16. The molecule has 0 spiro atoms. The van der Waals surface area contributed by atoms with Crippen LogP contribution in [0.5, 0.6) is 0 Å². The van der Waals surface area contributed by atoms with Crippen LogP contribution >= 0.6 is 0 Å². The first-order chi connectivity index (χ1) is 31.6. The van der Waals surface area contributed by atoms with E-state index in [2.05, 4.69) is 36.9 Å². The zero-order valence-corrected chi connectivity index (χ0v) is 37.7. The van der Waals surface area contributed by atoms with E-state index in [9.17, 15) is 38.4 Å². The number of para-hydroxylation sites is 1. The van der Waals surface area contributed by atoms with Gasteiger partial charge in [0.2, 0.25) is 47.3 Å². The molecule has 3 rings (SSSR count). The number of amides is 8. The molecule has 0 aliphatic rings. The molecule has 7 atom stereocenters. The van der Waals surface area contributed by atoms with E-state index in [1.54, 1.807) is 36.5 Å². The molecule has 0 aliphatic heterocycles. The Hall–Kier alpha value is -6.42. The molecule has 1 heterocycles. The summed E-state index contributed by atoms with van der Waals surface area (Å²) in [4.78, 5) is 109. The van der Waals surface area contributed by atoms with Crippen LogP contribution in [0.15, 0.2) is 60.8 Å². The monoisotopic (exact) mass is 920 g/mol. The molecule has 0 saturated carbocycles. The van der Waals surface area contributed by atoms with E-state index >= 15 is 0 Å². The fourth-order valence-corrected chi connectivity index (χ4v) is 7.16. The Balaban J connectivity index is 1.90. The van der Waals surface area contributed by atoms with Gasteiger partial charge >= 0.3 is 0 Å². The van der Waals surface area contributed by atoms with Crippen molar-refractivity contribution in [2.45, 2.75) is 126 Å². The molecule has 8 amide bonds. The third-order valence-electron chi connectivity index (χ3n) is 10.9. The van der Waals surface area contributed by atoms with Gasteiger partial charge in [-0.1, -0.05) is 48.5 Å². The molecular formula is C45H69N13O8. The number of benzene rings is 2. The van der Waals surface area contributed by atoms with Crippen LogP contribution in [0.2, 0.25) is 0 Å². The van der Waals surface area contributed by atoms with E-state index in [-0.39, 0.29) is 76.9 Å². The van der Waals surface area contributed by atoms with Crippen molar-refractivity contribution in [3.05, 3.63) is 71.9 Å². The molecule has 21 nitrogen and oxygen atoms in total. The number of carbonyl (C=O) groups is 8. The number of hydrogen-bond donors (Lipinski definition) is 13. The molecule has 0 bridgehead atoms. The minimum absolute atomic E-state index is 0.00854. The van der Waals surface area contributed by atoms with Gasteiger partial charge in [0, 0.05) is 48.8 Å². The van der Waals surface area contributed by atoms with Crippen LogP contribution in [-0.4, -0.2) is 114 Å². The highest BCUT2D eigenvalue weighted by Gasteiger charge is 2.33. The molecule has 362 valence electrons. The summed E-state index contributed by atoms with van der Waals surface area (Å²) in [5.41, 5.74) is 36.1. The molecule has 0 saturated heterocycles. The van der Waals surface area contributed by atoms with Crippen LogP contribution in [-0.2, 0) is 51.2 Å². The number of nitrogens with two attached hydrogens (primary N) is 6. The molecule has 0 aliphatic carbocycles. The molecule has 0 fully saturated rings. The number of rotatable bonds is 31. The average molecular weight is 920 g/mol. The molecule has 2 aromatic carbocycles. The summed E-state index contributed by atoms with van der Waals surface area (Å²) in [6, 6.07) is 8.68. The number of carbonyl (C=O) groups excluding carboxylic acids is 8. The van der Waals surface area contributed by atoms with Gasteiger partial charge in [-0.05, 0) is 95.1 Å². The van der Waals surface area contributed by atoms with Crippen molar-refractivity contribution < 1.29 is 38.4 Å². The first kappa shape index (κ1) is 53.9. The zero-order chi connectivity index (χ0) is 48.6. The second kappa shape index (κ2) is 28.5. The van der Waals surface area contributed by atoms with E-state index < -0.39 is 83.5 Å². The quantitative estimate of drug-likeness (QED) is 0.0332. The molecule has 0 unspecified atom stereocenters. The van der Waals surface area contributed by atoms with Gasteiger partial charge in [0.05, 0.1) is 6.04 Å². The largest absolute Gasteiger partial charge is 0.370 e. The first-order valence-electron chi connectivity index (χ1n) is 22.4. The molecule has 66 heavy (non-hydrogen) atoms. The minimum atomic E-state index is -1.38. The van der Waals surface area contributed by atoms with E-state index in [0.717, 1.165) is 16.5 Å². The Bertz CT molecular complexity index is 2070. The topological polar surface area (TPSA) is 381 Å². The number of aromatic nitrogens is 1. The third-order valence-corrected chi connectivity index (χ3v) is 10.9. The SMILES string of the molecule is C[C@H](CCCN)NC(=O)[C@H](Cc1c[nH]c2ccccc12)NC(=O)[C@H](CCCN)NC(=O)[C@H](Cc1ccccc1)NC(=O)[C@H](CCCN)NC(=O)[C@H](CCC(N)=O)NC(=O)[C@@H](N)CCC(N)=O. The maximum Gasteiger partial charge on any atom is 0.243 e. The molecular weight excluding hydrogens is 851 g/mol. The normalized spacial score (nSPS) is 14.3. The molecule has 3 aromatic rings. The van der Waals surface area contributed by atoms with Gasteiger partial charge in [0.15, 0.2) is 0 Å². The van der Waals surface area contributed by atoms with Gasteiger partial charge in [0.1, 0.15) is 30.2 Å². The van der Waals surface area contributed by atoms with Crippen molar-refractivity contribution in [1.82, 2.24) is 36.9 Å². The standard InChI is InChI=1S/C45H69N13O8/c1-27(10-7-21-46)53-44(65)37(25-29-26-52-32-14-6-5-13-30(29)32)58-42(63)34(16-9-23-48)56-45(66)36(24-28-11-3-2-4-12-28)57-41(62)33(15-8-22-47)55-43(64)35(18-20-39(51)60)54-40(61)31(49)17-19-38(50)59/h2-6,11-14,26-27,31,33-37,52H,7-10,15-25,46-49H2,1H3,(H2,50,59)(H2,51,60)(H,53,65)(H,54,61)(H,55,64)(H,56,66)(H,57,62)(H,58,63)/t27-,31+,33+,34+,35+,36+,37+/m1/s1. The Morgan fingerprint density at radius 3 is 1.52 bits per heavy atom. The highest BCUT2D eigenvalue weighted by atomic mass is 16.2. The Kier molecular flexibility index (Phi) is 23.3. The zero-order valence-electron chi connectivity index (χ0n) is 37.7. The lowest BCUT2D eigenvalue weighted by atomic mass is 10.0. The van der Waals surface area contributed by atoms with Crippen molar-refractivity contribution in [2.75, 3.05) is 19.6 Å². The van der Waals surface area contributed by atoms with Gasteiger partial charge in [-0.2, -0.15) is 0 Å². The number of primary amides is 2. The molecule has 21 heteroatoms.